The fourth-order valence-corrected chi connectivity index (χ4v) is 1.57. The van der Waals surface area contributed by atoms with Crippen LogP contribution in [0.25, 0.3) is 0 Å². The van der Waals surface area contributed by atoms with Gasteiger partial charge in [0.1, 0.15) is 5.82 Å². The topological polar surface area (TPSA) is 60.9 Å². The van der Waals surface area contributed by atoms with E-state index in [4.69, 9.17) is 5.11 Å². The Morgan fingerprint density at radius 2 is 1.89 bits per heavy atom. The highest BCUT2D eigenvalue weighted by Crippen LogP contribution is 2.12. The molecule has 1 aromatic rings. The Kier molecular flexibility index (Phi) is 5.00. The highest BCUT2D eigenvalue weighted by Gasteiger charge is 2.12. The first-order valence-electron chi connectivity index (χ1n) is 5.71. The fourth-order valence-electron chi connectivity index (χ4n) is 1.57. The predicted molar refractivity (Wildman–Crippen MR) is 68.4 cm³/mol. The van der Waals surface area contributed by atoms with Crippen molar-refractivity contribution in [2.75, 3.05) is 27.7 Å². The van der Waals surface area contributed by atoms with Crippen molar-refractivity contribution in [2.45, 2.75) is 6.54 Å². The van der Waals surface area contributed by atoms with E-state index >= 15 is 0 Å². The zero-order chi connectivity index (χ0) is 14.6. The van der Waals surface area contributed by atoms with Crippen LogP contribution in [0, 0.1) is 5.82 Å². The molecule has 1 N–H and O–H groups in total. The van der Waals surface area contributed by atoms with E-state index in [-0.39, 0.29) is 18.0 Å². The van der Waals surface area contributed by atoms with E-state index in [9.17, 15) is 14.0 Å². The smallest absolute Gasteiger partial charge is 0.338 e. The molecule has 0 fully saturated rings. The zero-order valence-corrected chi connectivity index (χ0v) is 11.2. The number of nitrogens with zero attached hydrogens (tertiary/aromatic N) is 2. The van der Waals surface area contributed by atoms with Gasteiger partial charge in [0.2, 0.25) is 5.91 Å². The van der Waals surface area contributed by atoms with Gasteiger partial charge in [0.05, 0.1) is 12.1 Å². The zero-order valence-electron chi connectivity index (χ0n) is 11.2. The van der Waals surface area contributed by atoms with E-state index in [0.29, 0.717) is 12.1 Å². The molecule has 1 rings (SSSR count). The Morgan fingerprint density at radius 3 is 2.37 bits per heavy atom. The summed E-state index contributed by atoms with van der Waals surface area (Å²) in [5, 5.41) is 8.72. The molecule has 0 aromatic heterocycles. The molecule has 1 aromatic carbocycles. The molecule has 19 heavy (non-hydrogen) atoms. The normalized spacial score (nSPS) is 10.6. The molecular formula is C13H17FN2O3. The minimum absolute atomic E-state index is 0.0508. The van der Waals surface area contributed by atoms with Crippen molar-refractivity contribution in [2.24, 2.45) is 0 Å². The van der Waals surface area contributed by atoms with E-state index in [2.05, 4.69) is 0 Å². The first-order valence-corrected chi connectivity index (χ1v) is 5.71. The molecule has 0 radical (unpaired) electrons. The molecule has 0 aliphatic heterocycles. The van der Waals surface area contributed by atoms with Crippen LogP contribution in [0.2, 0.25) is 0 Å². The summed E-state index contributed by atoms with van der Waals surface area (Å²) in [6.45, 7) is 0.589. The molecule has 1 amide bonds. The number of amides is 1. The van der Waals surface area contributed by atoms with Crippen LogP contribution in [0.5, 0.6) is 0 Å². The monoisotopic (exact) mass is 268 g/mol. The molecule has 0 bridgehead atoms. The Bertz CT molecular complexity index is 489. The third kappa shape index (κ3) is 4.33. The molecule has 0 unspecified atom stereocenters. The third-order valence-corrected chi connectivity index (χ3v) is 2.62. The second-order valence-corrected chi connectivity index (χ2v) is 4.58. The molecule has 0 aliphatic carbocycles. The molecule has 0 saturated heterocycles. The summed E-state index contributed by atoms with van der Waals surface area (Å²) >= 11 is 0. The highest BCUT2D eigenvalue weighted by molar-refractivity contribution is 5.87. The van der Waals surface area contributed by atoms with Gasteiger partial charge in [0, 0.05) is 20.6 Å². The van der Waals surface area contributed by atoms with Crippen molar-refractivity contribution in [1.29, 1.82) is 0 Å². The second-order valence-electron chi connectivity index (χ2n) is 4.58. The van der Waals surface area contributed by atoms with Gasteiger partial charge in [-0.1, -0.05) is 6.07 Å². The number of carbonyl (C=O) groups is 2. The summed E-state index contributed by atoms with van der Waals surface area (Å²) in [6.07, 6.45) is 0. The molecule has 104 valence electrons. The van der Waals surface area contributed by atoms with Crippen LogP contribution in [-0.4, -0.2) is 54.5 Å². The highest BCUT2D eigenvalue weighted by atomic mass is 19.1. The van der Waals surface area contributed by atoms with Crippen molar-refractivity contribution in [3.63, 3.8) is 0 Å². The van der Waals surface area contributed by atoms with Crippen molar-refractivity contribution in [3.8, 4) is 0 Å². The largest absolute Gasteiger partial charge is 0.478 e. The maximum atomic E-state index is 13.5. The number of halogens is 1. The van der Waals surface area contributed by atoms with E-state index in [1.807, 2.05) is 0 Å². The van der Waals surface area contributed by atoms with Crippen LogP contribution >= 0.6 is 0 Å². The number of hydrogen-bond acceptors (Lipinski definition) is 3. The maximum Gasteiger partial charge on any atom is 0.338 e. The van der Waals surface area contributed by atoms with E-state index < -0.39 is 11.8 Å². The first-order chi connectivity index (χ1) is 8.81. The minimum atomic E-state index is -1.29. The lowest BCUT2D eigenvalue weighted by Crippen LogP contribution is -2.34. The molecule has 0 aliphatic rings. The minimum Gasteiger partial charge on any atom is -0.478 e. The summed E-state index contributed by atoms with van der Waals surface area (Å²) < 4.78 is 13.5. The Balaban J connectivity index is 2.70. The third-order valence-electron chi connectivity index (χ3n) is 2.62. The molecule has 5 nitrogen and oxygen atoms in total. The quantitative estimate of drug-likeness (QED) is 0.867. The van der Waals surface area contributed by atoms with Crippen LogP contribution in [0.3, 0.4) is 0 Å². The number of benzene rings is 1. The van der Waals surface area contributed by atoms with Crippen LogP contribution in [-0.2, 0) is 11.3 Å². The summed E-state index contributed by atoms with van der Waals surface area (Å²) in [5.41, 5.74) is 0.271. The molecule has 0 spiro atoms. The second kappa shape index (κ2) is 6.29. The lowest BCUT2D eigenvalue weighted by molar-refractivity contribution is -0.129. The van der Waals surface area contributed by atoms with Gasteiger partial charge in [-0.15, -0.1) is 0 Å². The van der Waals surface area contributed by atoms with Crippen molar-refractivity contribution in [3.05, 3.63) is 35.1 Å². The maximum absolute atomic E-state index is 13.5. The SMILES string of the molecule is CN(CC(=O)N(C)C)Cc1ccc(C(=O)O)c(F)c1. The number of hydrogen-bond donors (Lipinski definition) is 1. The van der Waals surface area contributed by atoms with Crippen LogP contribution in [0.15, 0.2) is 18.2 Å². The summed E-state index contributed by atoms with van der Waals surface area (Å²) in [5.74, 6) is -2.11. The molecular weight excluding hydrogens is 251 g/mol. The fraction of sp³-hybridized carbons (Fsp3) is 0.385. The standard InChI is InChI=1S/C13H17FN2O3/c1-15(2)12(17)8-16(3)7-9-4-5-10(13(18)19)11(14)6-9/h4-6H,7-8H2,1-3H3,(H,18,19). The van der Waals surface area contributed by atoms with Crippen molar-refractivity contribution < 1.29 is 19.1 Å². The van der Waals surface area contributed by atoms with Crippen molar-refractivity contribution in [1.82, 2.24) is 9.80 Å². The predicted octanol–water partition coefficient (Wildman–Crippen LogP) is 1.04. The Morgan fingerprint density at radius 1 is 1.26 bits per heavy atom. The van der Waals surface area contributed by atoms with E-state index in [1.165, 1.54) is 17.0 Å². The Hall–Kier alpha value is -1.95. The average molecular weight is 268 g/mol. The van der Waals surface area contributed by atoms with Gasteiger partial charge in [-0.25, -0.2) is 9.18 Å². The number of carbonyl (C=O) groups excluding carboxylic acids is 1. The van der Waals surface area contributed by atoms with E-state index in [1.54, 1.807) is 32.1 Å². The summed E-state index contributed by atoms with van der Waals surface area (Å²) in [7, 11) is 5.07. The van der Waals surface area contributed by atoms with Crippen LogP contribution in [0.4, 0.5) is 4.39 Å². The van der Waals surface area contributed by atoms with Crippen LogP contribution in [0.1, 0.15) is 15.9 Å². The van der Waals surface area contributed by atoms with Gasteiger partial charge in [-0.2, -0.15) is 0 Å². The van der Waals surface area contributed by atoms with Gasteiger partial charge < -0.3 is 10.0 Å². The Labute approximate surface area is 111 Å². The lowest BCUT2D eigenvalue weighted by atomic mass is 10.1. The number of carboxylic acids is 1. The average Bonchev–Trinajstić information content (AvgIpc) is 2.27. The molecule has 0 heterocycles. The molecule has 0 atom stereocenters. The lowest BCUT2D eigenvalue weighted by Gasteiger charge is -2.19. The van der Waals surface area contributed by atoms with Gasteiger partial charge >= 0.3 is 5.97 Å². The number of likely N-dealkylation sites (N-methyl/N-ethyl adjacent to an activating group) is 2. The molecule has 0 saturated carbocycles. The van der Waals surface area contributed by atoms with Gasteiger partial charge in [0.25, 0.3) is 0 Å². The number of carboxylic acid groups (broad SMARTS) is 1. The van der Waals surface area contributed by atoms with Crippen LogP contribution < -0.4 is 0 Å². The number of rotatable bonds is 5. The number of aromatic carboxylic acids is 1. The van der Waals surface area contributed by atoms with Crippen molar-refractivity contribution >= 4 is 11.9 Å². The van der Waals surface area contributed by atoms with Gasteiger partial charge in [-0.05, 0) is 24.7 Å². The summed E-state index contributed by atoms with van der Waals surface area (Å²) in [4.78, 5) is 25.4. The van der Waals surface area contributed by atoms with E-state index in [0.717, 1.165) is 0 Å². The molecule has 6 heteroatoms. The summed E-state index contributed by atoms with van der Waals surface area (Å²) in [6, 6.07) is 3.96. The van der Waals surface area contributed by atoms with Gasteiger partial charge in [0.15, 0.2) is 0 Å². The first kappa shape index (κ1) is 15.1. The van der Waals surface area contributed by atoms with Gasteiger partial charge in [-0.3, -0.25) is 9.69 Å².